The molecule has 0 aromatic heterocycles. The predicted molar refractivity (Wildman–Crippen MR) is 71.8 cm³/mol. The first-order valence-corrected chi connectivity index (χ1v) is 6.60. The maximum Gasteiger partial charge on any atom is 0.251 e. The zero-order chi connectivity index (χ0) is 13.4. The highest BCUT2D eigenvalue weighted by Gasteiger charge is 2.28. The molecule has 0 bridgehead atoms. The van der Waals surface area contributed by atoms with Crippen molar-refractivity contribution in [2.45, 2.75) is 25.3 Å². The molecule has 19 heavy (non-hydrogen) atoms. The van der Waals surface area contributed by atoms with Gasteiger partial charge in [0.05, 0.1) is 6.42 Å². The van der Waals surface area contributed by atoms with Crippen LogP contribution in [0.5, 0.6) is 0 Å². The van der Waals surface area contributed by atoms with Gasteiger partial charge in [-0.05, 0) is 36.5 Å². The number of benzene rings is 1. The monoisotopic (exact) mass is 259 g/mol. The Morgan fingerprint density at radius 1 is 1.47 bits per heavy atom. The average Bonchev–Trinajstić information content (AvgIpc) is 3.16. The SMILES string of the molecule is NC(CNC(=O)c1ccc2c(c1)NC(=O)C2)C1CC1. The first kappa shape index (κ1) is 12.2. The van der Waals surface area contributed by atoms with Gasteiger partial charge in [0.15, 0.2) is 0 Å². The van der Waals surface area contributed by atoms with Gasteiger partial charge in [-0.15, -0.1) is 0 Å². The maximum atomic E-state index is 12.0. The lowest BCUT2D eigenvalue weighted by Gasteiger charge is -2.12. The highest BCUT2D eigenvalue weighted by atomic mass is 16.2. The minimum atomic E-state index is -0.139. The van der Waals surface area contributed by atoms with E-state index < -0.39 is 0 Å². The Labute approximate surface area is 111 Å². The fraction of sp³-hybridized carbons (Fsp3) is 0.429. The number of carbonyl (C=O) groups is 2. The van der Waals surface area contributed by atoms with Gasteiger partial charge < -0.3 is 16.4 Å². The molecule has 1 aromatic rings. The van der Waals surface area contributed by atoms with E-state index in [4.69, 9.17) is 5.73 Å². The van der Waals surface area contributed by atoms with Crippen molar-refractivity contribution < 1.29 is 9.59 Å². The van der Waals surface area contributed by atoms with Crippen molar-refractivity contribution in [3.05, 3.63) is 29.3 Å². The number of rotatable bonds is 4. The van der Waals surface area contributed by atoms with Crippen LogP contribution in [0.1, 0.15) is 28.8 Å². The topological polar surface area (TPSA) is 84.2 Å². The number of nitrogens with two attached hydrogens (primary N) is 1. The second-order valence-electron chi connectivity index (χ2n) is 5.31. The zero-order valence-electron chi connectivity index (χ0n) is 10.6. The quantitative estimate of drug-likeness (QED) is 0.742. The molecule has 0 radical (unpaired) electrons. The number of nitrogens with one attached hydrogen (secondary N) is 2. The number of anilines is 1. The molecule has 1 aromatic carbocycles. The van der Waals surface area contributed by atoms with E-state index in [0.717, 1.165) is 11.3 Å². The number of fused-ring (bicyclic) bond motifs is 1. The van der Waals surface area contributed by atoms with Crippen molar-refractivity contribution in [1.82, 2.24) is 5.32 Å². The predicted octanol–water partition coefficient (Wildman–Crippen LogP) is 0.648. The van der Waals surface area contributed by atoms with Crippen LogP contribution in [0.4, 0.5) is 5.69 Å². The van der Waals surface area contributed by atoms with Gasteiger partial charge in [0.2, 0.25) is 5.91 Å². The summed E-state index contributed by atoms with van der Waals surface area (Å²) in [4.78, 5) is 23.2. The van der Waals surface area contributed by atoms with Crippen LogP contribution in [-0.4, -0.2) is 24.4 Å². The third-order valence-electron chi connectivity index (χ3n) is 3.72. The molecule has 3 rings (SSSR count). The fourth-order valence-electron chi connectivity index (χ4n) is 2.36. The van der Waals surface area contributed by atoms with Gasteiger partial charge in [-0.2, -0.15) is 0 Å². The summed E-state index contributed by atoms with van der Waals surface area (Å²) in [5.41, 5.74) is 8.18. The molecule has 0 saturated heterocycles. The van der Waals surface area contributed by atoms with Crippen LogP contribution in [0.25, 0.3) is 0 Å². The summed E-state index contributed by atoms with van der Waals surface area (Å²) in [6.07, 6.45) is 2.73. The number of amides is 2. The van der Waals surface area contributed by atoms with Crippen molar-refractivity contribution in [1.29, 1.82) is 0 Å². The van der Waals surface area contributed by atoms with Gasteiger partial charge in [0, 0.05) is 23.8 Å². The van der Waals surface area contributed by atoms with E-state index in [-0.39, 0.29) is 17.9 Å². The van der Waals surface area contributed by atoms with Crippen LogP contribution in [0.3, 0.4) is 0 Å². The molecule has 1 aliphatic heterocycles. The molecule has 5 nitrogen and oxygen atoms in total. The van der Waals surface area contributed by atoms with E-state index >= 15 is 0 Å². The lowest BCUT2D eigenvalue weighted by molar-refractivity contribution is -0.115. The fourth-order valence-corrected chi connectivity index (χ4v) is 2.36. The van der Waals surface area contributed by atoms with Gasteiger partial charge in [-0.3, -0.25) is 9.59 Å². The van der Waals surface area contributed by atoms with Crippen molar-refractivity contribution in [3.8, 4) is 0 Å². The molecule has 1 aliphatic carbocycles. The minimum Gasteiger partial charge on any atom is -0.350 e. The van der Waals surface area contributed by atoms with Crippen molar-refractivity contribution in [2.75, 3.05) is 11.9 Å². The normalized spacial score (nSPS) is 18.7. The van der Waals surface area contributed by atoms with Crippen LogP contribution in [0.2, 0.25) is 0 Å². The molecule has 1 atom stereocenters. The highest BCUT2D eigenvalue weighted by molar-refractivity contribution is 6.02. The van der Waals surface area contributed by atoms with Crippen molar-refractivity contribution in [3.63, 3.8) is 0 Å². The van der Waals surface area contributed by atoms with E-state index in [9.17, 15) is 9.59 Å². The number of hydrogen-bond donors (Lipinski definition) is 3. The second-order valence-corrected chi connectivity index (χ2v) is 5.31. The summed E-state index contributed by atoms with van der Waals surface area (Å²) in [6, 6.07) is 5.34. The molecule has 2 amide bonds. The Hall–Kier alpha value is -1.88. The molecule has 0 spiro atoms. The Bertz CT molecular complexity index is 537. The summed E-state index contributed by atoms with van der Waals surface area (Å²) in [5, 5.41) is 5.59. The zero-order valence-corrected chi connectivity index (χ0v) is 10.6. The molecular weight excluding hydrogens is 242 g/mol. The van der Waals surface area contributed by atoms with Gasteiger partial charge in [0.25, 0.3) is 5.91 Å². The van der Waals surface area contributed by atoms with Gasteiger partial charge >= 0.3 is 0 Å². The largest absolute Gasteiger partial charge is 0.350 e. The van der Waals surface area contributed by atoms with Crippen LogP contribution >= 0.6 is 0 Å². The van der Waals surface area contributed by atoms with Crippen LogP contribution in [0.15, 0.2) is 18.2 Å². The maximum absolute atomic E-state index is 12.0. The average molecular weight is 259 g/mol. The van der Waals surface area contributed by atoms with Gasteiger partial charge in [-0.25, -0.2) is 0 Å². The van der Waals surface area contributed by atoms with Gasteiger partial charge in [-0.1, -0.05) is 6.07 Å². The summed E-state index contributed by atoms with van der Waals surface area (Å²) in [6.45, 7) is 0.507. The first-order chi connectivity index (χ1) is 9.13. The van der Waals surface area contributed by atoms with E-state index in [2.05, 4.69) is 10.6 Å². The van der Waals surface area contributed by atoms with Gasteiger partial charge in [0.1, 0.15) is 0 Å². The van der Waals surface area contributed by atoms with Crippen LogP contribution in [0, 0.1) is 5.92 Å². The van der Waals surface area contributed by atoms with E-state index in [1.165, 1.54) is 12.8 Å². The van der Waals surface area contributed by atoms with E-state index in [1.54, 1.807) is 12.1 Å². The van der Waals surface area contributed by atoms with Crippen molar-refractivity contribution in [2.24, 2.45) is 11.7 Å². The molecule has 100 valence electrons. The molecule has 1 unspecified atom stereocenters. The molecule has 4 N–H and O–H groups in total. The third kappa shape index (κ3) is 2.61. The Morgan fingerprint density at radius 3 is 3.00 bits per heavy atom. The van der Waals surface area contributed by atoms with Crippen molar-refractivity contribution >= 4 is 17.5 Å². The van der Waals surface area contributed by atoms with Crippen LogP contribution in [-0.2, 0) is 11.2 Å². The Kier molecular flexibility index (Phi) is 2.98. The molecule has 5 heteroatoms. The molecular formula is C14H17N3O2. The summed E-state index contributed by atoms with van der Waals surface area (Å²) in [5.74, 6) is 0.406. The third-order valence-corrected chi connectivity index (χ3v) is 3.72. The smallest absolute Gasteiger partial charge is 0.251 e. The molecule has 1 saturated carbocycles. The standard InChI is InChI=1S/C14H17N3O2/c15-11(8-1-2-8)7-16-14(19)10-4-3-9-6-13(18)17-12(9)5-10/h3-5,8,11H,1-2,6-7,15H2,(H,16,19)(H,17,18). The highest BCUT2D eigenvalue weighted by Crippen LogP contribution is 2.31. The summed E-state index contributed by atoms with van der Waals surface area (Å²) < 4.78 is 0. The lowest BCUT2D eigenvalue weighted by Crippen LogP contribution is -2.38. The Balaban J connectivity index is 1.63. The Morgan fingerprint density at radius 2 is 2.26 bits per heavy atom. The lowest BCUT2D eigenvalue weighted by atomic mass is 10.1. The van der Waals surface area contributed by atoms with Crippen LogP contribution < -0.4 is 16.4 Å². The molecule has 1 heterocycles. The first-order valence-electron chi connectivity index (χ1n) is 6.60. The summed E-state index contributed by atoms with van der Waals surface area (Å²) in [7, 11) is 0. The molecule has 1 fully saturated rings. The number of hydrogen-bond acceptors (Lipinski definition) is 3. The summed E-state index contributed by atoms with van der Waals surface area (Å²) >= 11 is 0. The second kappa shape index (κ2) is 4.66. The molecule has 2 aliphatic rings. The van der Waals surface area contributed by atoms with E-state index in [1.807, 2.05) is 6.07 Å². The minimum absolute atomic E-state index is 0.0247. The van der Waals surface area contributed by atoms with E-state index in [0.29, 0.717) is 24.4 Å². The number of carbonyl (C=O) groups excluding carboxylic acids is 2.